The van der Waals surface area contributed by atoms with Crippen molar-refractivity contribution in [3.63, 3.8) is 0 Å². The number of nitrogens with zero attached hydrogens (tertiary/aromatic N) is 2. The summed E-state index contributed by atoms with van der Waals surface area (Å²) in [4.78, 5) is 43.9. The van der Waals surface area contributed by atoms with Crippen LogP contribution in [0.15, 0.2) is 263 Å². The zero-order chi connectivity index (χ0) is 88.0. The minimum Gasteiger partial charge on any atom is -0.508 e. The molecule has 8 aromatic carbocycles. The topological polar surface area (TPSA) is 365 Å². The summed E-state index contributed by atoms with van der Waals surface area (Å²) >= 11 is 0. The smallest absolute Gasteiger partial charge is 0.410 e. The van der Waals surface area contributed by atoms with Crippen LogP contribution in [0.3, 0.4) is 0 Å². The fourth-order valence-corrected chi connectivity index (χ4v) is 14.4. The molecule has 12 aromatic rings. The molecular weight excluding hydrogens is 1680 g/mol. The maximum Gasteiger partial charge on any atom is 0.410 e. The van der Waals surface area contributed by atoms with Gasteiger partial charge in [0.05, 0.1) is 38.4 Å². The Morgan fingerprint density at radius 1 is 0.567 bits per heavy atom. The molecule has 0 aliphatic carbocycles. The van der Waals surface area contributed by atoms with E-state index in [1.807, 2.05) is 52.2 Å². The predicted molar refractivity (Wildman–Crippen MR) is 450 cm³/mol. The van der Waals surface area contributed by atoms with Crippen molar-refractivity contribution in [1.82, 2.24) is 34.5 Å². The number of hydrogen-bond donors (Lipinski definition) is 8. The van der Waals surface area contributed by atoms with E-state index in [1.165, 1.54) is 102 Å². The number of Topliss-reactive ketones (excluding diaryl/α,β-unsaturated/α-hetero) is 1. The molecule has 0 radical (unpaired) electrons. The van der Waals surface area contributed by atoms with Gasteiger partial charge in [0.2, 0.25) is 0 Å². The third-order valence-electron chi connectivity index (χ3n) is 16.6. The molecule has 1 aliphatic rings. The van der Waals surface area contributed by atoms with Crippen molar-refractivity contribution in [3.05, 3.63) is 289 Å². The lowest BCUT2D eigenvalue weighted by Gasteiger charge is -2.24. The van der Waals surface area contributed by atoms with Gasteiger partial charge in [-0.2, -0.15) is 8.42 Å². The number of nitrogens with one attached hydrogen (secondary N) is 5. The zero-order valence-electron chi connectivity index (χ0n) is 65.9. The van der Waals surface area contributed by atoms with Gasteiger partial charge in [-0.1, -0.05) is 79.7 Å². The highest BCUT2D eigenvalue weighted by Gasteiger charge is 2.26. The van der Waals surface area contributed by atoms with E-state index < -0.39 is 49.7 Å². The average Bonchev–Trinajstić information content (AvgIpc) is 1.60. The van der Waals surface area contributed by atoms with Crippen LogP contribution in [-0.2, 0) is 72.1 Å². The van der Waals surface area contributed by atoms with E-state index in [2.05, 4.69) is 25.6 Å². The van der Waals surface area contributed by atoms with Gasteiger partial charge in [0.15, 0.2) is 18.4 Å². The van der Waals surface area contributed by atoms with Crippen LogP contribution < -0.4 is 20.1 Å². The SMILES string of the molecule is CCC(=O)COc1cccc(S(=O)(=O)n2cc(CNC)cc2-c2ccccc2F)c1.CN(Cc1c[nH]c(-c2ccccc2F)c1)C(=O)OC(C)(C)C.CNCc1c[nH]c(-c2ccccc2F)c1.O=Cc1c[nH]c(-c2ccccc2F)c1.O=S(=O)(Cl)c1cccc(O)c1.O=S(=O)(Cl)c1cccc(OC2CCCCO2)c1.O=S(=O)(O)c1cccc(O)c1. The first kappa shape index (κ1) is 95.8. The number of benzene rings is 8. The lowest BCUT2D eigenvalue weighted by Crippen LogP contribution is -2.33. The van der Waals surface area contributed by atoms with Gasteiger partial charge < -0.3 is 59.6 Å². The fraction of sp³-hybridized carbons (Fsp3) is 0.212. The summed E-state index contributed by atoms with van der Waals surface area (Å²) in [7, 11) is -0.106. The van der Waals surface area contributed by atoms with Crippen LogP contribution in [0.25, 0.3) is 45.0 Å². The van der Waals surface area contributed by atoms with Crippen LogP contribution in [0.2, 0.25) is 0 Å². The van der Waals surface area contributed by atoms with Gasteiger partial charge in [-0.25, -0.2) is 51.6 Å². The van der Waals surface area contributed by atoms with E-state index in [0.717, 1.165) is 65.0 Å². The van der Waals surface area contributed by atoms with Crippen LogP contribution in [-0.4, -0.2) is 137 Å². The zero-order valence-corrected chi connectivity index (χ0v) is 70.7. The summed E-state index contributed by atoms with van der Waals surface area (Å²) in [6.45, 7) is 9.35. The molecule has 1 saturated heterocycles. The van der Waals surface area contributed by atoms with Gasteiger partial charge >= 0.3 is 6.09 Å². The first-order chi connectivity index (χ1) is 56.8. The number of aromatic amines is 3. The normalized spacial score (nSPS) is 12.5. The van der Waals surface area contributed by atoms with Crippen molar-refractivity contribution in [3.8, 4) is 68.0 Å². The van der Waals surface area contributed by atoms with Crippen LogP contribution >= 0.6 is 21.4 Å². The maximum absolute atomic E-state index is 14.4. The van der Waals surface area contributed by atoms with E-state index in [9.17, 15) is 65.6 Å². The number of halogens is 6. The summed E-state index contributed by atoms with van der Waals surface area (Å²) in [5.41, 5.74) is 6.81. The molecule has 0 saturated carbocycles. The molecule has 1 atom stereocenters. The van der Waals surface area contributed by atoms with Crippen molar-refractivity contribution in [1.29, 1.82) is 0 Å². The Kier molecular flexibility index (Phi) is 36.0. The molecule has 1 aliphatic heterocycles. The number of rotatable bonds is 22. The lowest BCUT2D eigenvalue weighted by atomic mass is 10.1. The van der Waals surface area contributed by atoms with Crippen molar-refractivity contribution in [2.75, 3.05) is 34.4 Å². The number of aldehydes is 1. The molecule has 1 amide bonds. The molecule has 25 nitrogen and oxygen atoms in total. The minimum absolute atomic E-state index is 0.0202. The molecule has 5 heterocycles. The second-order valence-corrected chi connectivity index (χ2v) is 35.4. The van der Waals surface area contributed by atoms with E-state index in [0.29, 0.717) is 71.1 Å². The highest BCUT2D eigenvalue weighted by Crippen LogP contribution is 2.32. The summed E-state index contributed by atoms with van der Waals surface area (Å²) in [5, 5.41) is 23.7. The fourth-order valence-electron chi connectivity index (χ4n) is 10.8. The number of hydrogen-bond acceptors (Lipinski definition) is 19. The van der Waals surface area contributed by atoms with Gasteiger partial charge in [-0.15, -0.1) is 0 Å². The van der Waals surface area contributed by atoms with Crippen LogP contribution in [0.1, 0.15) is 80.4 Å². The standard InChI is InChI=1S/C22H23FN2O4S.C17H21FN2O2.C12H13FN2.C11H13ClO4S.C11H8FNO.C6H5ClO3S.C6H6O4S/c1-3-17(26)15-29-18-7-6-8-19(12-18)30(27,28)25-14-16(13-24-2)11-22(25)20-9-4-5-10-21(20)23;1-17(2,3)22-16(21)20(4)11-12-9-15(19-10-12)13-7-5-6-8-14(13)18;1-14-7-9-6-12(15-8-9)10-4-2-3-5-11(10)13;12-17(13,14)10-5-3-4-9(8-10)16-11-6-1-2-7-15-11;12-10-4-2-1-3-9(10)11-5-8(7-14)6-13-11;7-11(9,10)6-3-1-2-5(8)4-6;7-5-2-1-3-6(4-5)11(8,9)10/h4-12,14,24H,3,13,15H2,1-2H3;5-10,19H,11H2,1-4H3;2-6,8,14-15H,7H2,1H3;3-5,8,11H,1-2,6-7H2;1-7,13H;1-4,8H;1-4,7H,(H,8,9,10). The number of carbonyl (C=O) groups is 3. The second kappa shape index (κ2) is 45.2. The van der Waals surface area contributed by atoms with Crippen LogP contribution in [0, 0.1) is 23.3 Å². The van der Waals surface area contributed by atoms with Gasteiger partial charge in [0.25, 0.3) is 38.2 Å². The Morgan fingerprint density at radius 2 is 1.02 bits per heavy atom. The molecule has 1 unspecified atom stereocenters. The Labute approximate surface area is 702 Å². The Morgan fingerprint density at radius 3 is 1.48 bits per heavy atom. The number of aromatic hydroxyl groups is 2. The monoisotopic (exact) mass is 1770 g/mol. The summed E-state index contributed by atoms with van der Waals surface area (Å²) in [6, 6.07) is 54.8. The Balaban J connectivity index is 0.000000199. The maximum atomic E-state index is 14.4. The molecule has 1 fully saturated rings. The first-order valence-corrected chi connectivity index (χ1v) is 44.1. The van der Waals surface area contributed by atoms with Gasteiger partial charge in [0.1, 0.15) is 58.5 Å². The third-order valence-corrected chi connectivity index (χ3v) is 21.8. The lowest BCUT2D eigenvalue weighted by molar-refractivity contribution is -0.120. The number of phenols is 2. The van der Waals surface area contributed by atoms with Crippen molar-refractivity contribution in [2.24, 2.45) is 0 Å². The van der Waals surface area contributed by atoms with Crippen LogP contribution in [0.4, 0.5) is 22.4 Å². The number of H-pyrrole nitrogens is 3. The Bertz CT molecular complexity index is 5810. The van der Waals surface area contributed by atoms with Crippen molar-refractivity contribution >= 4 is 77.8 Å². The first-order valence-electron chi connectivity index (χ1n) is 36.6. The highest BCUT2D eigenvalue weighted by atomic mass is 35.7. The quantitative estimate of drug-likeness (QED) is 0.0135. The summed E-state index contributed by atoms with van der Waals surface area (Å²) in [5.74, 6) is -0.970. The van der Waals surface area contributed by atoms with E-state index in [1.54, 1.807) is 130 Å². The van der Waals surface area contributed by atoms with Crippen LogP contribution in [0.5, 0.6) is 23.0 Å². The van der Waals surface area contributed by atoms with Gasteiger partial charge in [-0.05, 0) is 192 Å². The van der Waals surface area contributed by atoms with Gasteiger partial charge in [0, 0.05) is 142 Å². The number of aromatic nitrogens is 4. The molecular formula is C85H89Cl2F4N7O18S4. The Hall–Kier alpha value is -11.4. The van der Waals surface area contributed by atoms with Crippen molar-refractivity contribution < 1.29 is 99.3 Å². The number of ether oxygens (including phenoxy) is 4. The third kappa shape index (κ3) is 30.5. The highest BCUT2D eigenvalue weighted by molar-refractivity contribution is 8.14. The van der Waals surface area contributed by atoms with Crippen molar-refractivity contribution in [2.45, 2.75) is 104 Å². The van der Waals surface area contributed by atoms with Gasteiger partial charge in [-0.3, -0.25) is 14.1 Å². The number of ketones is 1. The molecule has 8 N–H and O–H groups in total. The summed E-state index contributed by atoms with van der Waals surface area (Å²) < 4.78 is 177. The molecule has 638 valence electrons. The largest absolute Gasteiger partial charge is 0.508 e. The molecule has 0 bridgehead atoms. The molecule has 35 heteroatoms. The molecule has 13 rings (SSSR count). The molecule has 0 spiro atoms. The molecule has 4 aromatic heterocycles. The second-order valence-electron chi connectivity index (χ2n) is 27.0. The van der Waals surface area contributed by atoms with E-state index in [4.69, 9.17) is 55.1 Å². The number of amides is 1. The predicted octanol–water partition coefficient (Wildman–Crippen LogP) is 17.4. The number of phenolic OH excluding ortho intramolecular Hbond substituents is 2. The molecule has 120 heavy (non-hydrogen) atoms. The summed E-state index contributed by atoms with van der Waals surface area (Å²) in [6.07, 6.45) is 9.96. The average molecular weight is 1770 g/mol. The minimum atomic E-state index is -4.19. The number of carbonyl (C=O) groups excluding carboxylic acids is 3. The van der Waals surface area contributed by atoms with E-state index >= 15 is 0 Å². The van der Waals surface area contributed by atoms with E-state index in [-0.39, 0.29) is 90.3 Å².